The van der Waals surface area contributed by atoms with Crippen molar-refractivity contribution in [3.05, 3.63) is 105 Å². The van der Waals surface area contributed by atoms with Crippen LogP contribution in [-0.2, 0) is 57.2 Å². The van der Waals surface area contributed by atoms with Crippen molar-refractivity contribution in [2.45, 2.75) is 306 Å². The fraction of sp³-hybridized carbons (Fsp3) is 0.740. The molecule has 9 saturated carbocycles. The zero-order valence-corrected chi connectivity index (χ0v) is 73.7. The molecule has 15 aliphatic carbocycles. The topological polar surface area (TPSA) is 259 Å². The van der Waals surface area contributed by atoms with Gasteiger partial charge in [0, 0.05) is 28.1 Å². The van der Waals surface area contributed by atoms with Gasteiger partial charge in [-0.05, 0) is 288 Å². The summed E-state index contributed by atoms with van der Waals surface area (Å²) in [5.74, 6) is -0.388. The van der Waals surface area contributed by atoms with Crippen LogP contribution in [0.2, 0.25) is 0 Å². The van der Waals surface area contributed by atoms with Crippen molar-refractivity contribution in [3.8, 4) is 0 Å². The van der Waals surface area contributed by atoms with E-state index >= 15 is 0 Å². The largest absolute Gasteiger partial charge is 0.469 e. The van der Waals surface area contributed by atoms with Crippen molar-refractivity contribution >= 4 is 47.1 Å². The lowest BCUT2D eigenvalue weighted by atomic mass is 9.34. The number of ether oxygens (including phenoxy) is 5. The average molecular weight is 1620 g/mol. The monoisotopic (exact) mass is 1620 g/mol. The Kier molecular flexibility index (Phi) is 22.3. The van der Waals surface area contributed by atoms with E-state index in [4.69, 9.17) is 23.7 Å². The number of aliphatic hydroxyl groups is 4. The summed E-state index contributed by atoms with van der Waals surface area (Å²) in [6.45, 7) is 42.0. The van der Waals surface area contributed by atoms with E-state index < -0.39 is 56.8 Å². The highest BCUT2D eigenvalue weighted by molar-refractivity contribution is 6.06. The third kappa shape index (κ3) is 12.2. The van der Waals surface area contributed by atoms with Gasteiger partial charge in [-0.1, -0.05) is 165 Å². The van der Waals surface area contributed by atoms with Gasteiger partial charge in [0.15, 0.2) is 23.8 Å². The van der Waals surface area contributed by atoms with Crippen molar-refractivity contribution in [1.29, 1.82) is 0 Å². The molecular formula is C100H145NO16. The first kappa shape index (κ1) is 90.1. The van der Waals surface area contributed by atoms with Gasteiger partial charge in [-0.25, -0.2) is 0 Å². The van der Waals surface area contributed by atoms with Gasteiger partial charge in [0.05, 0.1) is 73.9 Å². The van der Waals surface area contributed by atoms with Crippen molar-refractivity contribution in [2.24, 2.45) is 120 Å². The number of aliphatic imine (C=N–C) groups is 1. The number of fused-ring (bicyclic) bond motifs is 22. The van der Waals surface area contributed by atoms with Crippen LogP contribution < -0.4 is 0 Å². The maximum absolute atomic E-state index is 13.6. The Hall–Kier alpha value is -6.14. The number of esters is 5. The lowest BCUT2D eigenvalue weighted by Gasteiger charge is -2.70. The van der Waals surface area contributed by atoms with Crippen LogP contribution in [0.25, 0.3) is 0 Å². The lowest BCUT2D eigenvalue weighted by molar-refractivity contribution is -0.181. The number of nitrogens with zero attached hydrogens (tertiary/aromatic N) is 1. The second-order valence-corrected chi connectivity index (χ2v) is 44.1. The lowest BCUT2D eigenvalue weighted by Crippen LogP contribution is -2.62. The van der Waals surface area contributed by atoms with Gasteiger partial charge < -0.3 is 44.1 Å². The molecule has 0 aromatic rings. The summed E-state index contributed by atoms with van der Waals surface area (Å²) < 4.78 is 27.3. The van der Waals surface area contributed by atoms with Gasteiger partial charge in [0.2, 0.25) is 0 Å². The number of allylic oxidation sites excluding steroid dienone is 12. The number of methoxy groups -OCH3 is 3. The Morgan fingerprint density at radius 3 is 1.09 bits per heavy atom. The van der Waals surface area contributed by atoms with Gasteiger partial charge in [-0.2, -0.15) is 0 Å². The zero-order chi connectivity index (χ0) is 84.3. The van der Waals surface area contributed by atoms with E-state index in [1.807, 2.05) is 13.8 Å². The predicted octanol–water partition coefficient (Wildman–Crippen LogP) is 18.6. The second kappa shape index (κ2) is 29.0. The Morgan fingerprint density at radius 2 is 0.744 bits per heavy atom. The minimum atomic E-state index is -1.23. The van der Waals surface area contributed by atoms with Crippen molar-refractivity contribution in [1.82, 2.24) is 0 Å². The minimum absolute atomic E-state index is 0. The number of rotatable bonds is 8. The first-order valence-corrected chi connectivity index (χ1v) is 43.7. The molecule has 17 nitrogen and oxygen atoms in total. The molecular weight excluding hydrogens is 1470 g/mol. The molecule has 0 spiro atoms. The highest BCUT2D eigenvalue weighted by Gasteiger charge is 2.73. The van der Waals surface area contributed by atoms with Gasteiger partial charge in [0.1, 0.15) is 12.6 Å². The van der Waals surface area contributed by atoms with Crippen LogP contribution in [0.15, 0.2) is 110 Å². The molecule has 16 aliphatic rings. The smallest absolute Gasteiger partial charge is 0.328 e. The molecule has 0 aromatic carbocycles. The molecule has 0 amide bonds. The minimum Gasteiger partial charge on any atom is -0.469 e. The molecule has 0 radical (unpaired) electrons. The molecule has 16 rings (SSSR count). The summed E-state index contributed by atoms with van der Waals surface area (Å²) in [6, 6.07) is 0. The molecule has 1 unspecified atom stereocenters. The Labute approximate surface area is 699 Å². The molecule has 0 aromatic heterocycles. The first-order valence-electron chi connectivity index (χ1n) is 43.7. The molecule has 4 N–H and O–H groups in total. The molecule has 9 fully saturated rings. The van der Waals surface area contributed by atoms with Gasteiger partial charge in [-0.3, -0.25) is 38.6 Å². The zero-order valence-electron chi connectivity index (χ0n) is 73.7. The Bertz CT molecular complexity index is 4520. The van der Waals surface area contributed by atoms with E-state index in [9.17, 15) is 54.0 Å². The molecule has 17 heteroatoms. The Morgan fingerprint density at radius 1 is 0.419 bits per heavy atom. The summed E-state index contributed by atoms with van der Waals surface area (Å²) in [4.78, 5) is 94.3. The van der Waals surface area contributed by atoms with E-state index in [0.717, 1.165) is 168 Å². The quantitative estimate of drug-likeness (QED) is 0.130. The number of hydrogen-bond donors (Lipinski definition) is 4. The van der Waals surface area contributed by atoms with Crippen molar-refractivity contribution < 1.29 is 77.7 Å². The van der Waals surface area contributed by atoms with Crippen LogP contribution in [0.4, 0.5) is 0 Å². The van der Waals surface area contributed by atoms with Crippen LogP contribution in [0, 0.1) is 115 Å². The molecule has 0 saturated heterocycles. The second-order valence-electron chi connectivity index (χ2n) is 44.1. The van der Waals surface area contributed by atoms with Gasteiger partial charge in [0.25, 0.3) is 0 Å². The fourth-order valence-electron chi connectivity index (χ4n) is 29.2. The highest BCUT2D eigenvalue weighted by Crippen LogP contribution is 2.80. The molecule has 0 bridgehead atoms. The van der Waals surface area contributed by atoms with Gasteiger partial charge >= 0.3 is 29.8 Å². The van der Waals surface area contributed by atoms with Crippen LogP contribution in [0.5, 0.6) is 0 Å². The standard InChI is InChI=1S/C34H48O6.C33H45NO5.C31H44O5.2CH4/c1-9-26(37)40-27-23(36)18-22-21(32(27,5)20-35)10-11-24-31(22,4)15-17-34(7)25-19-30(3,28(38)39-8)13-12-29(25,2)14-16-33(24,34)6;1-28-10-11-29(2,27(37)38-7)17-24(28)33(6)15-13-30(3)21-16-22-26(39-25(36)18-34-22)31(4,19-35)20(21)8-9-23(30)32(33,5)14-12-28;1-26-10-11-27(2,25(35)36-7)17-23(26)31(6)15-13-28(3)20-16-21(33)24(34)29(4,18-32)19(20)8-9-22(28)30(31,5)14-12-26;;/h10-11,18,25,27,35H,9,12-17,19-20H2,1-8H3;8-9,16,24,26,35H,10-15,17-19H2,1-7H3;8-9,16,23-24,32,34H,10-15,17-18H2,1-7H3;2*1H4/t25-,27+,29-,30-,31+,32+,33-,34+;24-,26?,28-,29-,30+,31+,32-,33+;23-,24+,26-,27-,28+,29+,30-,31+;;/m111../s1. The maximum Gasteiger partial charge on any atom is 0.328 e. The van der Waals surface area contributed by atoms with E-state index in [1.54, 1.807) is 26.0 Å². The number of hydrogen-bond acceptors (Lipinski definition) is 17. The highest BCUT2D eigenvalue weighted by atomic mass is 16.6. The molecule has 1 aliphatic heterocycles. The van der Waals surface area contributed by atoms with E-state index in [1.165, 1.54) is 43.6 Å². The third-order valence-electron chi connectivity index (χ3n) is 38.3. The number of carbonyl (C=O) groups is 7. The summed E-state index contributed by atoms with van der Waals surface area (Å²) in [6.07, 6.45) is 36.9. The number of ketones is 2. The van der Waals surface area contributed by atoms with E-state index in [0.29, 0.717) is 17.8 Å². The van der Waals surface area contributed by atoms with E-state index in [-0.39, 0.29) is 148 Å². The van der Waals surface area contributed by atoms with Crippen LogP contribution in [0.3, 0.4) is 0 Å². The predicted molar refractivity (Wildman–Crippen MR) is 455 cm³/mol. The molecule has 646 valence electrons. The molecule has 24 atom stereocenters. The van der Waals surface area contributed by atoms with Crippen molar-refractivity contribution in [3.63, 3.8) is 0 Å². The third-order valence-corrected chi connectivity index (χ3v) is 38.3. The van der Waals surface area contributed by atoms with Crippen LogP contribution in [-0.4, -0.2) is 134 Å². The van der Waals surface area contributed by atoms with E-state index in [2.05, 4.69) is 151 Å². The maximum atomic E-state index is 13.6. The SMILES string of the molecule is C.C.CCC(=O)O[C@H]1C(=O)C=C2C(=CC=C3[C@@]2(C)CC[C@@]2(C)[C@@H]4C[C@](C)(C(=O)OC)CC[C@]4(C)CC[C@]32C)[C@]1(C)CO.COC(=O)[C@]1(C)CC[C@]2(C)CC[C@]3(C)C4=CC=C5C(=CC(=O)[C@H](O)[C@@]5(C)CO)[C@]4(C)CC[C@@]3(C)[C@@H]2C1.COC(=O)[C@]1(C)CC[C@]2(C)CC[C@]3(C)C4=CC=C5C(=CC6=NCC(=O)OC6[C@@]5(C)CO)[C@]4(C)CC[C@@]3(C)[C@@H]2C1. The van der Waals surface area contributed by atoms with Gasteiger partial charge in [-0.15, -0.1) is 0 Å². The van der Waals surface area contributed by atoms with Crippen LogP contribution in [0.1, 0.15) is 288 Å². The van der Waals surface area contributed by atoms with Crippen molar-refractivity contribution in [2.75, 3.05) is 47.7 Å². The summed E-state index contributed by atoms with van der Waals surface area (Å²) in [5, 5.41) is 42.3. The Balaban J connectivity index is 0.000000160. The van der Waals surface area contributed by atoms with Crippen LogP contribution >= 0.6 is 0 Å². The number of aliphatic hydroxyl groups excluding tert-OH is 4. The molecule has 117 heavy (non-hydrogen) atoms. The normalized spacial score (nSPS) is 47.2. The number of carbonyl (C=O) groups excluding carboxylic acids is 7. The summed E-state index contributed by atoms with van der Waals surface area (Å²) in [5.41, 5.74) is 6.42. The summed E-state index contributed by atoms with van der Waals surface area (Å²) >= 11 is 0. The fourth-order valence-corrected chi connectivity index (χ4v) is 29.2. The summed E-state index contributed by atoms with van der Waals surface area (Å²) in [7, 11) is 4.54. The first-order chi connectivity index (χ1) is 53.4. The molecule has 1 heterocycles. The average Bonchev–Trinajstić information content (AvgIpc) is 0.681.